The number of aryl methyl sites for hydroxylation is 2. The van der Waals surface area contributed by atoms with Gasteiger partial charge in [0.25, 0.3) is 0 Å². The summed E-state index contributed by atoms with van der Waals surface area (Å²) in [5.41, 5.74) is 2.50. The highest BCUT2D eigenvalue weighted by Crippen LogP contribution is 2.14. The van der Waals surface area contributed by atoms with Crippen LogP contribution in [0.2, 0.25) is 0 Å². The van der Waals surface area contributed by atoms with E-state index in [4.69, 9.17) is 5.11 Å². The third-order valence-electron chi connectivity index (χ3n) is 3.06. The fourth-order valence-electron chi connectivity index (χ4n) is 1.87. The van der Waals surface area contributed by atoms with E-state index < -0.39 is 5.97 Å². The van der Waals surface area contributed by atoms with Gasteiger partial charge < -0.3 is 10.0 Å². The molecular formula is C15H19NO4. The first-order valence-corrected chi connectivity index (χ1v) is 6.37. The Morgan fingerprint density at radius 3 is 2.40 bits per heavy atom. The van der Waals surface area contributed by atoms with Crippen LogP contribution in [-0.4, -0.2) is 41.3 Å². The molecule has 0 spiro atoms. The van der Waals surface area contributed by atoms with Crippen LogP contribution < -0.4 is 0 Å². The number of nitrogens with zero attached hydrogens (tertiary/aromatic N) is 1. The topological polar surface area (TPSA) is 74.7 Å². The van der Waals surface area contributed by atoms with Crippen LogP contribution in [0.1, 0.15) is 34.3 Å². The standard InChI is InChI=1S/C15H19NO4/c1-10-4-5-11(2)12(8-10)13(17)6-7-14(18)16(3)9-15(19)20/h4-5,8H,6-7,9H2,1-3H3,(H,19,20). The lowest BCUT2D eigenvalue weighted by atomic mass is 9.99. The summed E-state index contributed by atoms with van der Waals surface area (Å²) in [4.78, 5) is 35.4. The molecule has 1 aromatic carbocycles. The smallest absolute Gasteiger partial charge is 0.323 e. The molecule has 5 nitrogen and oxygen atoms in total. The van der Waals surface area contributed by atoms with E-state index in [-0.39, 0.29) is 31.1 Å². The molecule has 108 valence electrons. The molecule has 0 unspecified atom stereocenters. The lowest BCUT2D eigenvalue weighted by Gasteiger charge is -2.14. The first-order valence-electron chi connectivity index (χ1n) is 6.37. The van der Waals surface area contributed by atoms with E-state index in [9.17, 15) is 14.4 Å². The molecule has 0 fully saturated rings. The van der Waals surface area contributed by atoms with Gasteiger partial charge >= 0.3 is 5.97 Å². The lowest BCUT2D eigenvalue weighted by molar-refractivity contribution is -0.143. The molecule has 0 heterocycles. The number of aliphatic carboxylic acids is 1. The van der Waals surface area contributed by atoms with Gasteiger partial charge in [-0.15, -0.1) is 0 Å². The van der Waals surface area contributed by atoms with Crippen LogP contribution in [0.4, 0.5) is 0 Å². The van der Waals surface area contributed by atoms with Gasteiger partial charge in [-0.25, -0.2) is 0 Å². The summed E-state index contributed by atoms with van der Waals surface area (Å²) in [5.74, 6) is -1.50. The molecule has 0 saturated heterocycles. The molecular weight excluding hydrogens is 258 g/mol. The summed E-state index contributed by atoms with van der Waals surface area (Å²) < 4.78 is 0. The number of hydrogen-bond donors (Lipinski definition) is 1. The second kappa shape index (κ2) is 6.84. The van der Waals surface area contributed by atoms with E-state index >= 15 is 0 Å². The van der Waals surface area contributed by atoms with Gasteiger partial charge in [-0.2, -0.15) is 0 Å². The second-order valence-corrected chi connectivity index (χ2v) is 4.89. The maximum atomic E-state index is 12.1. The number of Topliss-reactive ketones (excluding diaryl/α,β-unsaturated/α-hetero) is 1. The van der Waals surface area contributed by atoms with Gasteiger partial charge in [0.1, 0.15) is 6.54 Å². The lowest BCUT2D eigenvalue weighted by Crippen LogP contribution is -2.32. The van der Waals surface area contributed by atoms with Crippen LogP contribution in [-0.2, 0) is 9.59 Å². The number of rotatable bonds is 6. The van der Waals surface area contributed by atoms with Crippen LogP contribution in [0.15, 0.2) is 18.2 Å². The summed E-state index contributed by atoms with van der Waals surface area (Å²) in [6.07, 6.45) is 0.114. The van der Waals surface area contributed by atoms with Crippen LogP contribution >= 0.6 is 0 Å². The molecule has 5 heteroatoms. The van der Waals surface area contributed by atoms with E-state index in [0.717, 1.165) is 16.0 Å². The highest BCUT2D eigenvalue weighted by atomic mass is 16.4. The van der Waals surface area contributed by atoms with Gasteiger partial charge in [0.05, 0.1) is 0 Å². The summed E-state index contributed by atoms with van der Waals surface area (Å²) >= 11 is 0. The maximum absolute atomic E-state index is 12.1. The van der Waals surface area contributed by atoms with E-state index in [1.807, 2.05) is 32.0 Å². The SMILES string of the molecule is Cc1ccc(C)c(C(=O)CCC(=O)N(C)CC(=O)O)c1. The molecule has 1 amide bonds. The number of likely N-dealkylation sites (N-methyl/N-ethyl adjacent to an activating group) is 1. The minimum Gasteiger partial charge on any atom is -0.480 e. The Hall–Kier alpha value is -2.17. The van der Waals surface area contributed by atoms with Gasteiger partial charge in [-0.05, 0) is 25.5 Å². The summed E-state index contributed by atoms with van der Waals surface area (Å²) in [6, 6.07) is 5.61. The van der Waals surface area contributed by atoms with E-state index in [1.54, 1.807) is 0 Å². The summed E-state index contributed by atoms with van der Waals surface area (Å²) in [7, 11) is 1.42. The molecule has 0 aliphatic carbocycles. The Morgan fingerprint density at radius 1 is 1.15 bits per heavy atom. The number of carbonyl (C=O) groups excluding carboxylic acids is 2. The fourth-order valence-corrected chi connectivity index (χ4v) is 1.87. The van der Waals surface area contributed by atoms with Crippen molar-refractivity contribution in [3.8, 4) is 0 Å². The zero-order valence-electron chi connectivity index (χ0n) is 12.0. The van der Waals surface area contributed by atoms with Crippen LogP contribution in [0.5, 0.6) is 0 Å². The number of ketones is 1. The minimum absolute atomic E-state index is 0.0238. The Balaban J connectivity index is 2.61. The zero-order valence-corrected chi connectivity index (χ0v) is 12.0. The van der Waals surface area contributed by atoms with E-state index in [2.05, 4.69) is 0 Å². The van der Waals surface area contributed by atoms with Crippen molar-refractivity contribution in [3.63, 3.8) is 0 Å². The number of carbonyl (C=O) groups is 3. The predicted octanol–water partition coefficient (Wildman–Crippen LogP) is 1.81. The van der Waals surface area contributed by atoms with Crippen molar-refractivity contribution in [2.75, 3.05) is 13.6 Å². The quantitative estimate of drug-likeness (QED) is 0.805. The largest absolute Gasteiger partial charge is 0.480 e. The van der Waals surface area contributed by atoms with Crippen molar-refractivity contribution in [2.45, 2.75) is 26.7 Å². The van der Waals surface area contributed by atoms with Crippen LogP contribution in [0.25, 0.3) is 0 Å². The third-order valence-corrected chi connectivity index (χ3v) is 3.06. The minimum atomic E-state index is -1.07. The van der Waals surface area contributed by atoms with Crippen molar-refractivity contribution < 1.29 is 19.5 Å². The number of hydrogen-bond acceptors (Lipinski definition) is 3. The van der Waals surface area contributed by atoms with Crippen molar-refractivity contribution in [1.82, 2.24) is 4.90 Å². The zero-order chi connectivity index (χ0) is 15.3. The second-order valence-electron chi connectivity index (χ2n) is 4.89. The Labute approximate surface area is 118 Å². The molecule has 1 N–H and O–H groups in total. The molecule has 0 saturated carbocycles. The number of carboxylic acid groups (broad SMARTS) is 1. The van der Waals surface area contributed by atoms with E-state index in [1.165, 1.54) is 7.05 Å². The molecule has 0 aliphatic heterocycles. The highest BCUT2D eigenvalue weighted by molar-refractivity contribution is 5.99. The van der Waals surface area contributed by atoms with Crippen molar-refractivity contribution >= 4 is 17.7 Å². The molecule has 0 bridgehead atoms. The van der Waals surface area contributed by atoms with Gasteiger partial charge in [0, 0.05) is 25.5 Å². The predicted molar refractivity (Wildman–Crippen MR) is 74.8 cm³/mol. The Morgan fingerprint density at radius 2 is 1.80 bits per heavy atom. The summed E-state index contributed by atoms with van der Waals surface area (Å²) in [5, 5.41) is 8.59. The van der Waals surface area contributed by atoms with Crippen LogP contribution in [0.3, 0.4) is 0 Å². The first-order chi connectivity index (χ1) is 9.31. The van der Waals surface area contributed by atoms with Gasteiger partial charge in [0.15, 0.2) is 5.78 Å². The molecule has 1 aromatic rings. The molecule has 20 heavy (non-hydrogen) atoms. The van der Waals surface area contributed by atoms with Gasteiger partial charge in [0.2, 0.25) is 5.91 Å². The number of amides is 1. The Bertz CT molecular complexity index is 537. The average Bonchev–Trinajstić information content (AvgIpc) is 2.37. The van der Waals surface area contributed by atoms with Crippen molar-refractivity contribution in [1.29, 1.82) is 0 Å². The molecule has 0 radical (unpaired) electrons. The van der Waals surface area contributed by atoms with Gasteiger partial charge in [-0.3, -0.25) is 14.4 Å². The molecule has 0 aromatic heterocycles. The third kappa shape index (κ3) is 4.50. The normalized spacial score (nSPS) is 10.2. The average molecular weight is 277 g/mol. The Kier molecular flexibility index (Phi) is 5.43. The fraction of sp³-hybridized carbons (Fsp3) is 0.400. The van der Waals surface area contributed by atoms with E-state index in [0.29, 0.717) is 5.56 Å². The number of benzene rings is 1. The molecule has 0 atom stereocenters. The maximum Gasteiger partial charge on any atom is 0.323 e. The monoisotopic (exact) mass is 277 g/mol. The first kappa shape index (κ1) is 15.9. The molecule has 0 aliphatic rings. The summed E-state index contributed by atoms with van der Waals surface area (Å²) in [6.45, 7) is 3.41. The van der Waals surface area contributed by atoms with Crippen LogP contribution in [0, 0.1) is 13.8 Å². The van der Waals surface area contributed by atoms with Gasteiger partial charge in [-0.1, -0.05) is 17.7 Å². The number of carboxylic acids is 1. The molecule has 1 rings (SSSR count). The highest BCUT2D eigenvalue weighted by Gasteiger charge is 2.15. The van der Waals surface area contributed by atoms with Crippen molar-refractivity contribution in [2.24, 2.45) is 0 Å². The van der Waals surface area contributed by atoms with Crippen molar-refractivity contribution in [3.05, 3.63) is 34.9 Å².